The number of carbonyl (C=O) groups is 2. The molecule has 1 rings (SSSR count). The van der Waals surface area contributed by atoms with Gasteiger partial charge in [-0.25, -0.2) is 0 Å². The van der Waals surface area contributed by atoms with E-state index in [2.05, 4.69) is 10.3 Å². The Bertz CT molecular complexity index is 349. The quantitative estimate of drug-likeness (QED) is 0.740. The van der Waals surface area contributed by atoms with Gasteiger partial charge >= 0.3 is 0 Å². The third-order valence-corrected chi connectivity index (χ3v) is 2.24. The topological polar surface area (TPSA) is 59.1 Å². The van der Waals surface area contributed by atoms with Crippen LogP contribution in [0.5, 0.6) is 0 Å². The highest BCUT2D eigenvalue weighted by Crippen LogP contribution is 1.96. The first-order valence-electron chi connectivity index (χ1n) is 5.44. The number of nitrogens with zero attached hydrogens (tertiary/aromatic N) is 1. The molecule has 86 valence electrons. The molecular weight excluding hydrogens is 204 g/mol. The summed E-state index contributed by atoms with van der Waals surface area (Å²) in [5.41, 5.74) is 0.546. The summed E-state index contributed by atoms with van der Waals surface area (Å²) in [6.45, 7) is 2.37. The summed E-state index contributed by atoms with van der Waals surface area (Å²) in [4.78, 5) is 26.4. The van der Waals surface area contributed by atoms with E-state index in [1.165, 1.54) is 6.20 Å². The van der Waals surface area contributed by atoms with Gasteiger partial charge in [-0.05, 0) is 18.6 Å². The number of carbonyl (C=O) groups excluding carboxylic acids is 2. The molecular formula is C12H16N2O2. The molecule has 0 fully saturated rings. The van der Waals surface area contributed by atoms with Crippen molar-refractivity contribution in [2.45, 2.75) is 26.2 Å². The van der Waals surface area contributed by atoms with Crippen LogP contribution in [0.25, 0.3) is 0 Å². The fourth-order valence-electron chi connectivity index (χ4n) is 1.26. The summed E-state index contributed by atoms with van der Waals surface area (Å²) in [6.07, 6.45) is 4.93. The molecule has 4 nitrogen and oxygen atoms in total. The molecule has 0 aromatic carbocycles. The maximum atomic E-state index is 11.5. The second-order valence-electron chi connectivity index (χ2n) is 3.49. The third-order valence-electron chi connectivity index (χ3n) is 2.24. The Labute approximate surface area is 95.1 Å². The molecule has 1 heterocycles. The van der Waals surface area contributed by atoms with Crippen LogP contribution in [0.15, 0.2) is 24.5 Å². The van der Waals surface area contributed by atoms with E-state index in [0.717, 1.165) is 0 Å². The van der Waals surface area contributed by atoms with Crippen molar-refractivity contribution in [2.75, 3.05) is 6.54 Å². The highest BCUT2D eigenvalue weighted by Gasteiger charge is 2.04. The van der Waals surface area contributed by atoms with Crippen LogP contribution in [0.3, 0.4) is 0 Å². The number of amides is 1. The van der Waals surface area contributed by atoms with Gasteiger partial charge in [0.2, 0.25) is 0 Å². The second-order valence-corrected chi connectivity index (χ2v) is 3.49. The average Bonchev–Trinajstić information content (AvgIpc) is 2.35. The zero-order chi connectivity index (χ0) is 11.8. The van der Waals surface area contributed by atoms with Crippen molar-refractivity contribution in [3.8, 4) is 0 Å². The van der Waals surface area contributed by atoms with E-state index in [9.17, 15) is 9.59 Å². The summed E-state index contributed by atoms with van der Waals surface area (Å²) >= 11 is 0. The molecule has 1 amide bonds. The minimum atomic E-state index is -0.142. The number of hydrogen-bond acceptors (Lipinski definition) is 3. The van der Waals surface area contributed by atoms with Crippen molar-refractivity contribution in [2.24, 2.45) is 0 Å². The van der Waals surface area contributed by atoms with Gasteiger partial charge in [0.05, 0.1) is 5.56 Å². The van der Waals surface area contributed by atoms with Gasteiger partial charge in [-0.2, -0.15) is 0 Å². The zero-order valence-corrected chi connectivity index (χ0v) is 9.40. The Kier molecular flexibility index (Phi) is 5.19. The molecule has 0 radical (unpaired) electrons. The van der Waals surface area contributed by atoms with Crippen molar-refractivity contribution in [3.05, 3.63) is 30.1 Å². The largest absolute Gasteiger partial charge is 0.352 e. The molecule has 0 aliphatic rings. The average molecular weight is 220 g/mol. The number of pyridine rings is 1. The number of hydrogen-bond donors (Lipinski definition) is 1. The number of rotatable bonds is 6. The molecule has 16 heavy (non-hydrogen) atoms. The van der Waals surface area contributed by atoms with Crippen molar-refractivity contribution in [1.29, 1.82) is 0 Å². The van der Waals surface area contributed by atoms with Crippen molar-refractivity contribution in [3.63, 3.8) is 0 Å². The molecule has 1 aromatic heterocycles. The first kappa shape index (κ1) is 12.4. The predicted molar refractivity (Wildman–Crippen MR) is 61.1 cm³/mol. The summed E-state index contributed by atoms with van der Waals surface area (Å²) < 4.78 is 0. The van der Waals surface area contributed by atoms with Crippen LogP contribution in [0.4, 0.5) is 0 Å². The number of ketones is 1. The van der Waals surface area contributed by atoms with Crippen molar-refractivity contribution >= 4 is 11.7 Å². The van der Waals surface area contributed by atoms with E-state index in [0.29, 0.717) is 31.4 Å². The van der Waals surface area contributed by atoms with Crippen LogP contribution in [0, 0.1) is 0 Å². The minimum Gasteiger partial charge on any atom is -0.352 e. The van der Waals surface area contributed by atoms with Crippen LogP contribution in [-0.2, 0) is 4.79 Å². The maximum Gasteiger partial charge on any atom is 0.252 e. The predicted octanol–water partition coefficient (Wildman–Crippen LogP) is 1.57. The molecule has 1 aromatic rings. The van der Waals surface area contributed by atoms with Crippen LogP contribution < -0.4 is 5.32 Å². The first-order valence-corrected chi connectivity index (χ1v) is 5.44. The van der Waals surface area contributed by atoms with Gasteiger partial charge in [-0.3, -0.25) is 14.6 Å². The molecule has 0 spiro atoms. The van der Waals surface area contributed by atoms with E-state index in [1.807, 2.05) is 6.92 Å². The summed E-state index contributed by atoms with van der Waals surface area (Å²) in [7, 11) is 0. The summed E-state index contributed by atoms with van der Waals surface area (Å²) in [5.74, 6) is 0.0904. The molecule has 0 atom stereocenters. The number of nitrogens with one attached hydrogen (secondary N) is 1. The Hall–Kier alpha value is -1.71. The minimum absolute atomic E-state index is 0.142. The summed E-state index contributed by atoms with van der Waals surface area (Å²) in [6, 6.07) is 3.43. The van der Waals surface area contributed by atoms with Gasteiger partial charge in [-0.15, -0.1) is 0 Å². The number of aromatic nitrogens is 1. The monoisotopic (exact) mass is 220 g/mol. The lowest BCUT2D eigenvalue weighted by Gasteiger charge is -2.03. The zero-order valence-electron chi connectivity index (χ0n) is 9.40. The molecule has 0 aliphatic carbocycles. The molecule has 0 bridgehead atoms. The van der Waals surface area contributed by atoms with E-state index in [1.54, 1.807) is 18.3 Å². The van der Waals surface area contributed by atoms with Gasteiger partial charge in [0.25, 0.3) is 5.91 Å². The fourth-order valence-corrected chi connectivity index (χ4v) is 1.26. The molecule has 4 heteroatoms. The Morgan fingerprint density at radius 3 is 2.88 bits per heavy atom. The number of Topliss-reactive ketones (excluding diaryl/α,β-unsaturated/α-hetero) is 1. The van der Waals surface area contributed by atoms with Crippen molar-refractivity contribution < 1.29 is 9.59 Å². The second kappa shape index (κ2) is 6.71. The smallest absolute Gasteiger partial charge is 0.252 e. The normalized spacial score (nSPS) is 9.81. The lowest BCUT2D eigenvalue weighted by molar-refractivity contribution is -0.118. The highest BCUT2D eigenvalue weighted by atomic mass is 16.1. The van der Waals surface area contributed by atoms with Gasteiger partial charge in [0.1, 0.15) is 5.78 Å². The van der Waals surface area contributed by atoms with E-state index < -0.39 is 0 Å². The molecule has 0 unspecified atom stereocenters. The Morgan fingerprint density at radius 1 is 1.44 bits per heavy atom. The van der Waals surface area contributed by atoms with Gasteiger partial charge in [0, 0.05) is 31.8 Å². The fraction of sp³-hybridized carbons (Fsp3) is 0.417. The molecule has 1 N–H and O–H groups in total. The lowest BCUT2D eigenvalue weighted by atomic mass is 10.2. The molecule has 0 saturated carbocycles. The van der Waals surface area contributed by atoms with E-state index in [4.69, 9.17) is 0 Å². The van der Waals surface area contributed by atoms with E-state index in [-0.39, 0.29) is 11.7 Å². The standard InChI is InChI=1S/C12H16N2O2/c1-2-11(15)6-4-8-14-12(16)10-5-3-7-13-9-10/h3,5,7,9H,2,4,6,8H2,1H3,(H,14,16). The van der Waals surface area contributed by atoms with Crippen LogP contribution in [-0.4, -0.2) is 23.2 Å². The first-order chi connectivity index (χ1) is 7.74. The summed E-state index contributed by atoms with van der Waals surface area (Å²) in [5, 5.41) is 2.75. The van der Waals surface area contributed by atoms with E-state index >= 15 is 0 Å². The molecule has 0 saturated heterocycles. The Balaban J connectivity index is 2.24. The van der Waals surface area contributed by atoms with Gasteiger partial charge in [0.15, 0.2) is 0 Å². The van der Waals surface area contributed by atoms with Crippen molar-refractivity contribution in [1.82, 2.24) is 10.3 Å². The van der Waals surface area contributed by atoms with Gasteiger partial charge < -0.3 is 5.32 Å². The van der Waals surface area contributed by atoms with Crippen LogP contribution in [0.2, 0.25) is 0 Å². The third kappa shape index (κ3) is 4.21. The maximum absolute atomic E-state index is 11.5. The Morgan fingerprint density at radius 2 is 2.25 bits per heavy atom. The SMILES string of the molecule is CCC(=O)CCCNC(=O)c1cccnc1. The van der Waals surface area contributed by atoms with Crippen LogP contribution >= 0.6 is 0 Å². The highest BCUT2D eigenvalue weighted by molar-refractivity contribution is 5.93. The van der Waals surface area contributed by atoms with Crippen LogP contribution in [0.1, 0.15) is 36.5 Å². The lowest BCUT2D eigenvalue weighted by Crippen LogP contribution is -2.24. The van der Waals surface area contributed by atoms with Gasteiger partial charge in [-0.1, -0.05) is 6.92 Å². The molecule has 0 aliphatic heterocycles.